The minimum absolute atomic E-state index is 0.233. The Hall–Kier alpha value is -1.90. The molecule has 0 fully saturated rings. The van der Waals surface area contributed by atoms with Gasteiger partial charge in [-0.25, -0.2) is 4.39 Å². The monoisotopic (exact) mass is 299 g/mol. The maximum Gasteiger partial charge on any atom is 0.131 e. The predicted molar refractivity (Wildman–Crippen MR) is 86.1 cm³/mol. The van der Waals surface area contributed by atoms with Crippen molar-refractivity contribution in [1.29, 1.82) is 0 Å². The zero-order valence-corrected chi connectivity index (χ0v) is 12.4. The molecule has 0 heterocycles. The molecule has 106 valence electrons. The summed E-state index contributed by atoms with van der Waals surface area (Å²) in [6.45, 7) is 1.95. The Kier molecular flexibility index (Phi) is 3.66. The molecule has 1 unspecified atom stereocenters. The molecular weight excluding hydrogens is 285 g/mol. The van der Waals surface area contributed by atoms with Crippen molar-refractivity contribution >= 4 is 22.4 Å². The smallest absolute Gasteiger partial charge is 0.131 e. The lowest BCUT2D eigenvalue weighted by Crippen LogP contribution is -2.12. The summed E-state index contributed by atoms with van der Waals surface area (Å²) in [4.78, 5) is 0. The highest BCUT2D eigenvalue weighted by Crippen LogP contribution is 2.30. The van der Waals surface area contributed by atoms with Crippen molar-refractivity contribution in [3.05, 3.63) is 82.1 Å². The van der Waals surface area contributed by atoms with Crippen LogP contribution in [-0.4, -0.2) is 0 Å². The number of benzene rings is 3. The van der Waals surface area contributed by atoms with E-state index in [1.807, 2.05) is 43.3 Å². The first kappa shape index (κ1) is 14.1. The molecule has 0 aromatic heterocycles. The van der Waals surface area contributed by atoms with E-state index in [0.29, 0.717) is 10.4 Å². The largest absolute Gasteiger partial charge is 0.320 e. The second-order valence-electron chi connectivity index (χ2n) is 5.17. The Bertz CT molecular complexity index is 813. The van der Waals surface area contributed by atoms with Crippen LogP contribution in [0.25, 0.3) is 10.8 Å². The van der Waals surface area contributed by atoms with Crippen LogP contribution < -0.4 is 5.73 Å². The summed E-state index contributed by atoms with van der Waals surface area (Å²) in [6.07, 6.45) is 0. The number of nitrogens with two attached hydrogens (primary N) is 1. The van der Waals surface area contributed by atoms with Crippen molar-refractivity contribution in [2.24, 2.45) is 5.73 Å². The molecular formula is C18H15ClFN. The fourth-order valence-corrected chi connectivity index (χ4v) is 2.73. The number of fused-ring (bicyclic) bond motifs is 1. The van der Waals surface area contributed by atoms with Crippen molar-refractivity contribution in [3.8, 4) is 0 Å². The van der Waals surface area contributed by atoms with Crippen LogP contribution in [0.4, 0.5) is 4.39 Å². The molecule has 0 aliphatic rings. The van der Waals surface area contributed by atoms with Crippen molar-refractivity contribution in [2.45, 2.75) is 13.0 Å². The highest BCUT2D eigenvalue weighted by atomic mass is 35.5. The number of rotatable bonds is 2. The van der Waals surface area contributed by atoms with E-state index in [1.54, 1.807) is 12.1 Å². The van der Waals surface area contributed by atoms with Gasteiger partial charge in [0.15, 0.2) is 0 Å². The Labute approximate surface area is 128 Å². The fraction of sp³-hybridized carbons (Fsp3) is 0.111. The molecule has 0 saturated carbocycles. The van der Waals surface area contributed by atoms with Gasteiger partial charge < -0.3 is 5.73 Å². The molecule has 3 aromatic rings. The molecule has 3 rings (SSSR count). The normalized spacial score (nSPS) is 12.6. The summed E-state index contributed by atoms with van der Waals surface area (Å²) in [5, 5.41) is 2.11. The molecule has 1 atom stereocenters. The molecule has 0 saturated heterocycles. The third-order valence-corrected chi connectivity index (χ3v) is 4.20. The Balaban J connectivity index is 2.15. The summed E-state index contributed by atoms with van der Waals surface area (Å²) in [6, 6.07) is 16.0. The Morgan fingerprint density at radius 2 is 1.71 bits per heavy atom. The summed E-state index contributed by atoms with van der Waals surface area (Å²) >= 11 is 6.17. The molecule has 0 radical (unpaired) electrons. The van der Waals surface area contributed by atoms with E-state index in [0.717, 1.165) is 22.1 Å². The van der Waals surface area contributed by atoms with Gasteiger partial charge in [0.05, 0.1) is 6.04 Å². The number of hydrogen-bond acceptors (Lipinski definition) is 1. The molecule has 2 N–H and O–H groups in total. The number of halogens is 2. The van der Waals surface area contributed by atoms with Crippen LogP contribution in [-0.2, 0) is 0 Å². The van der Waals surface area contributed by atoms with Crippen molar-refractivity contribution in [2.75, 3.05) is 0 Å². The van der Waals surface area contributed by atoms with E-state index in [9.17, 15) is 4.39 Å². The van der Waals surface area contributed by atoms with Crippen LogP contribution in [0.3, 0.4) is 0 Å². The lowest BCUT2D eigenvalue weighted by atomic mass is 9.94. The molecule has 1 nitrogen and oxygen atoms in total. The van der Waals surface area contributed by atoms with Gasteiger partial charge in [0.2, 0.25) is 0 Å². The average molecular weight is 300 g/mol. The highest BCUT2D eigenvalue weighted by molar-refractivity contribution is 6.31. The SMILES string of the molecule is Cc1ccc(C(N)c2ccc(F)c3ccccc23)cc1Cl. The third-order valence-electron chi connectivity index (χ3n) is 3.79. The van der Waals surface area contributed by atoms with Crippen LogP contribution in [0, 0.1) is 12.7 Å². The van der Waals surface area contributed by atoms with Crippen molar-refractivity contribution < 1.29 is 4.39 Å². The van der Waals surface area contributed by atoms with Gasteiger partial charge in [0.25, 0.3) is 0 Å². The van der Waals surface area contributed by atoms with Crippen LogP contribution in [0.2, 0.25) is 5.02 Å². The van der Waals surface area contributed by atoms with Crippen LogP contribution in [0.5, 0.6) is 0 Å². The minimum Gasteiger partial charge on any atom is -0.320 e. The highest BCUT2D eigenvalue weighted by Gasteiger charge is 2.14. The van der Waals surface area contributed by atoms with E-state index < -0.39 is 0 Å². The standard InChI is InChI=1S/C18H15ClFN/c1-11-6-7-12(10-16(11)19)18(21)15-8-9-17(20)14-5-3-2-4-13(14)15/h2-10,18H,21H2,1H3. The topological polar surface area (TPSA) is 26.0 Å². The molecule has 0 amide bonds. The first-order valence-corrected chi connectivity index (χ1v) is 7.14. The van der Waals surface area contributed by atoms with Gasteiger partial charge in [-0.3, -0.25) is 0 Å². The quantitative estimate of drug-likeness (QED) is 0.709. The molecule has 0 aliphatic heterocycles. The molecule has 3 aromatic carbocycles. The molecule has 0 spiro atoms. The lowest BCUT2D eigenvalue weighted by Gasteiger charge is -2.16. The van der Waals surface area contributed by atoms with E-state index in [4.69, 9.17) is 17.3 Å². The Morgan fingerprint density at radius 1 is 1.00 bits per heavy atom. The van der Waals surface area contributed by atoms with Crippen LogP contribution >= 0.6 is 11.6 Å². The molecule has 3 heteroatoms. The predicted octanol–water partition coefficient (Wildman–Crippen LogP) is 4.99. The second-order valence-corrected chi connectivity index (χ2v) is 5.58. The number of hydrogen-bond donors (Lipinski definition) is 1. The van der Waals surface area contributed by atoms with Crippen LogP contribution in [0.15, 0.2) is 54.6 Å². The van der Waals surface area contributed by atoms with E-state index >= 15 is 0 Å². The van der Waals surface area contributed by atoms with Gasteiger partial charge in [0.1, 0.15) is 5.82 Å². The number of aryl methyl sites for hydroxylation is 1. The Morgan fingerprint density at radius 3 is 2.43 bits per heavy atom. The van der Waals surface area contributed by atoms with E-state index in [-0.39, 0.29) is 11.9 Å². The van der Waals surface area contributed by atoms with Gasteiger partial charge in [0, 0.05) is 10.4 Å². The van der Waals surface area contributed by atoms with E-state index in [1.165, 1.54) is 6.07 Å². The fourth-order valence-electron chi connectivity index (χ4n) is 2.54. The first-order chi connectivity index (χ1) is 10.1. The van der Waals surface area contributed by atoms with Crippen LogP contribution in [0.1, 0.15) is 22.7 Å². The van der Waals surface area contributed by atoms with Gasteiger partial charge >= 0.3 is 0 Å². The van der Waals surface area contributed by atoms with Crippen molar-refractivity contribution in [1.82, 2.24) is 0 Å². The van der Waals surface area contributed by atoms with Gasteiger partial charge in [-0.05, 0) is 41.1 Å². The maximum atomic E-state index is 13.9. The zero-order valence-electron chi connectivity index (χ0n) is 11.6. The summed E-state index contributed by atoms with van der Waals surface area (Å²) in [7, 11) is 0. The van der Waals surface area contributed by atoms with Gasteiger partial charge in [-0.1, -0.05) is 54.1 Å². The average Bonchev–Trinajstić information content (AvgIpc) is 2.50. The van der Waals surface area contributed by atoms with Gasteiger partial charge in [-0.2, -0.15) is 0 Å². The van der Waals surface area contributed by atoms with Gasteiger partial charge in [-0.15, -0.1) is 0 Å². The first-order valence-electron chi connectivity index (χ1n) is 6.76. The van der Waals surface area contributed by atoms with E-state index in [2.05, 4.69) is 0 Å². The molecule has 21 heavy (non-hydrogen) atoms. The lowest BCUT2D eigenvalue weighted by molar-refractivity contribution is 0.639. The summed E-state index contributed by atoms with van der Waals surface area (Å²) in [5.41, 5.74) is 9.20. The maximum absolute atomic E-state index is 13.9. The minimum atomic E-state index is -0.339. The second kappa shape index (κ2) is 5.47. The third kappa shape index (κ3) is 2.53. The zero-order chi connectivity index (χ0) is 15.0. The van der Waals surface area contributed by atoms with Crippen molar-refractivity contribution in [3.63, 3.8) is 0 Å². The summed E-state index contributed by atoms with van der Waals surface area (Å²) < 4.78 is 13.9. The molecule has 0 bridgehead atoms. The molecule has 0 aliphatic carbocycles. The summed E-state index contributed by atoms with van der Waals surface area (Å²) in [5.74, 6) is -0.233.